The summed E-state index contributed by atoms with van der Waals surface area (Å²) in [5.74, 6) is 0.622. The first-order valence-corrected chi connectivity index (χ1v) is 6.92. The predicted octanol–water partition coefficient (Wildman–Crippen LogP) is 4.40. The zero-order valence-corrected chi connectivity index (χ0v) is 12.1. The Hall–Kier alpha value is -1.81. The molecule has 0 bridgehead atoms. The number of aryl methyl sites for hydroxylation is 1. The molecule has 0 amide bonds. The van der Waals surface area contributed by atoms with E-state index in [1.54, 1.807) is 0 Å². The van der Waals surface area contributed by atoms with Gasteiger partial charge in [0, 0.05) is 10.0 Å². The van der Waals surface area contributed by atoms with Gasteiger partial charge in [0.1, 0.15) is 5.52 Å². The van der Waals surface area contributed by atoms with Crippen molar-refractivity contribution in [3.05, 3.63) is 46.4 Å². The van der Waals surface area contributed by atoms with Crippen LogP contribution in [0.3, 0.4) is 0 Å². The monoisotopic (exact) mass is 316 g/mol. The Morgan fingerprint density at radius 2 is 2.05 bits per heavy atom. The average molecular weight is 317 g/mol. The molecule has 0 aliphatic carbocycles. The van der Waals surface area contributed by atoms with Gasteiger partial charge in [0.25, 0.3) is 0 Å². The van der Waals surface area contributed by atoms with Gasteiger partial charge in [-0.2, -0.15) is 0 Å². The molecule has 1 aromatic heterocycles. The highest BCUT2D eigenvalue weighted by molar-refractivity contribution is 9.10. The van der Waals surface area contributed by atoms with Crippen LogP contribution in [0.1, 0.15) is 12.5 Å². The summed E-state index contributed by atoms with van der Waals surface area (Å²) < 4.78 is 6.73. The van der Waals surface area contributed by atoms with Crippen molar-refractivity contribution in [3.8, 4) is 11.5 Å². The van der Waals surface area contributed by atoms with Crippen LogP contribution in [0.25, 0.3) is 22.6 Å². The molecular formula is C15H13BrN2O. The number of benzene rings is 2. The number of rotatable bonds is 2. The van der Waals surface area contributed by atoms with Crippen molar-refractivity contribution in [1.29, 1.82) is 0 Å². The van der Waals surface area contributed by atoms with Gasteiger partial charge in [0.2, 0.25) is 5.89 Å². The molecule has 0 radical (unpaired) electrons. The molecule has 2 N–H and O–H groups in total. The number of nitrogens with two attached hydrogens (primary N) is 1. The number of halogens is 1. The zero-order chi connectivity index (χ0) is 13.4. The molecule has 0 atom stereocenters. The Bertz CT molecular complexity index is 749. The summed E-state index contributed by atoms with van der Waals surface area (Å²) >= 11 is 3.42. The minimum atomic E-state index is 0.595. The molecule has 4 heteroatoms. The Morgan fingerprint density at radius 1 is 1.26 bits per heavy atom. The molecule has 0 spiro atoms. The second-order valence-electron chi connectivity index (χ2n) is 4.37. The second kappa shape index (κ2) is 4.70. The third-order valence-electron chi connectivity index (χ3n) is 3.11. The van der Waals surface area contributed by atoms with Gasteiger partial charge in [-0.15, -0.1) is 0 Å². The summed E-state index contributed by atoms with van der Waals surface area (Å²) in [6.45, 7) is 2.12. The van der Waals surface area contributed by atoms with Crippen molar-refractivity contribution in [2.75, 3.05) is 5.73 Å². The van der Waals surface area contributed by atoms with Gasteiger partial charge in [-0.3, -0.25) is 0 Å². The van der Waals surface area contributed by atoms with E-state index in [1.807, 2.05) is 30.3 Å². The number of anilines is 1. The molecule has 3 nitrogen and oxygen atoms in total. The van der Waals surface area contributed by atoms with Gasteiger partial charge in [-0.05, 0) is 30.2 Å². The number of hydrogen-bond acceptors (Lipinski definition) is 3. The Morgan fingerprint density at radius 3 is 2.84 bits per heavy atom. The van der Waals surface area contributed by atoms with Crippen LogP contribution < -0.4 is 5.73 Å². The molecular weight excluding hydrogens is 304 g/mol. The fourth-order valence-electron chi connectivity index (χ4n) is 2.18. The fraction of sp³-hybridized carbons (Fsp3) is 0.133. The van der Waals surface area contributed by atoms with Crippen LogP contribution in [-0.2, 0) is 6.42 Å². The van der Waals surface area contributed by atoms with Crippen molar-refractivity contribution in [3.63, 3.8) is 0 Å². The van der Waals surface area contributed by atoms with Crippen molar-refractivity contribution >= 4 is 32.7 Å². The van der Waals surface area contributed by atoms with Crippen molar-refractivity contribution in [2.24, 2.45) is 0 Å². The number of nitrogens with zero attached hydrogens (tertiary/aromatic N) is 1. The lowest BCUT2D eigenvalue weighted by Crippen LogP contribution is -1.86. The van der Waals surface area contributed by atoms with Crippen LogP contribution in [0.15, 0.2) is 45.3 Å². The van der Waals surface area contributed by atoms with Gasteiger partial charge in [-0.25, -0.2) is 4.98 Å². The summed E-state index contributed by atoms with van der Waals surface area (Å²) in [7, 11) is 0. The van der Waals surface area contributed by atoms with Crippen LogP contribution in [0.5, 0.6) is 0 Å². The smallest absolute Gasteiger partial charge is 0.227 e. The lowest BCUT2D eigenvalue weighted by molar-refractivity contribution is 0.620. The Balaban J connectivity index is 2.23. The SMILES string of the molecule is CCc1ccccc1-c1nc2cc(Br)cc(N)c2o1. The molecule has 0 aliphatic heterocycles. The molecule has 3 rings (SSSR count). The maximum Gasteiger partial charge on any atom is 0.227 e. The maximum absolute atomic E-state index is 5.96. The van der Waals surface area contributed by atoms with Crippen molar-refractivity contribution in [1.82, 2.24) is 4.98 Å². The highest BCUT2D eigenvalue weighted by Gasteiger charge is 2.13. The second-order valence-corrected chi connectivity index (χ2v) is 5.29. The Kier molecular flexibility index (Phi) is 3.03. The summed E-state index contributed by atoms with van der Waals surface area (Å²) in [5, 5.41) is 0. The lowest BCUT2D eigenvalue weighted by atomic mass is 10.1. The standard InChI is InChI=1S/C15H13BrN2O/c1-2-9-5-3-4-6-11(9)15-18-13-8-10(16)7-12(17)14(13)19-15/h3-8H,2,17H2,1H3. The third-order valence-corrected chi connectivity index (χ3v) is 3.57. The summed E-state index contributed by atoms with van der Waals surface area (Å²) in [5.41, 5.74) is 10.2. The Labute approximate surface area is 119 Å². The first-order valence-electron chi connectivity index (χ1n) is 6.13. The maximum atomic E-state index is 5.96. The number of oxazole rings is 1. The van der Waals surface area contributed by atoms with E-state index in [2.05, 4.69) is 33.9 Å². The third kappa shape index (κ3) is 2.12. The molecule has 0 unspecified atom stereocenters. The number of hydrogen-bond donors (Lipinski definition) is 1. The predicted molar refractivity (Wildman–Crippen MR) is 80.9 cm³/mol. The van der Waals surface area contributed by atoms with E-state index >= 15 is 0 Å². The van der Waals surface area contributed by atoms with E-state index in [0.29, 0.717) is 17.2 Å². The molecule has 1 heterocycles. The molecule has 96 valence electrons. The van der Waals surface area contributed by atoms with Crippen molar-refractivity contribution in [2.45, 2.75) is 13.3 Å². The molecule has 0 aliphatic rings. The highest BCUT2D eigenvalue weighted by atomic mass is 79.9. The van der Waals surface area contributed by atoms with Gasteiger partial charge >= 0.3 is 0 Å². The van der Waals surface area contributed by atoms with Crippen LogP contribution in [0.2, 0.25) is 0 Å². The van der Waals surface area contributed by atoms with Crippen LogP contribution in [0.4, 0.5) is 5.69 Å². The molecule has 0 fully saturated rings. The fourth-order valence-corrected chi connectivity index (χ4v) is 2.64. The first kappa shape index (κ1) is 12.2. The van der Waals surface area contributed by atoms with E-state index < -0.39 is 0 Å². The molecule has 0 saturated carbocycles. The topological polar surface area (TPSA) is 52.0 Å². The van der Waals surface area contributed by atoms with E-state index in [-0.39, 0.29) is 0 Å². The van der Waals surface area contributed by atoms with Crippen LogP contribution in [0, 0.1) is 0 Å². The van der Waals surface area contributed by atoms with E-state index in [9.17, 15) is 0 Å². The van der Waals surface area contributed by atoms with Crippen molar-refractivity contribution < 1.29 is 4.42 Å². The van der Waals surface area contributed by atoms with Crippen LogP contribution >= 0.6 is 15.9 Å². The quantitative estimate of drug-likeness (QED) is 0.713. The van der Waals surface area contributed by atoms with Gasteiger partial charge in [-0.1, -0.05) is 41.1 Å². The van der Waals surface area contributed by atoms with Gasteiger partial charge in [0.05, 0.1) is 5.69 Å². The number of fused-ring (bicyclic) bond motifs is 1. The number of aromatic nitrogens is 1. The van der Waals surface area contributed by atoms with E-state index in [0.717, 1.165) is 22.0 Å². The minimum absolute atomic E-state index is 0.595. The highest BCUT2D eigenvalue weighted by Crippen LogP contribution is 2.32. The summed E-state index contributed by atoms with van der Waals surface area (Å²) in [6.07, 6.45) is 0.939. The normalized spacial score (nSPS) is 11.1. The summed E-state index contributed by atoms with van der Waals surface area (Å²) in [4.78, 5) is 4.54. The number of nitrogen functional groups attached to an aromatic ring is 1. The van der Waals surface area contributed by atoms with E-state index in [1.165, 1.54) is 5.56 Å². The molecule has 0 saturated heterocycles. The zero-order valence-electron chi connectivity index (χ0n) is 10.5. The molecule has 19 heavy (non-hydrogen) atoms. The lowest BCUT2D eigenvalue weighted by Gasteiger charge is -2.02. The first-order chi connectivity index (χ1) is 9.19. The minimum Gasteiger partial charge on any atom is -0.434 e. The van der Waals surface area contributed by atoms with Gasteiger partial charge < -0.3 is 10.2 Å². The van der Waals surface area contributed by atoms with E-state index in [4.69, 9.17) is 10.2 Å². The average Bonchev–Trinajstić information content (AvgIpc) is 2.82. The van der Waals surface area contributed by atoms with Gasteiger partial charge in [0.15, 0.2) is 5.58 Å². The summed E-state index contributed by atoms with van der Waals surface area (Å²) in [6, 6.07) is 11.9. The molecule has 3 aromatic rings. The largest absolute Gasteiger partial charge is 0.434 e. The van der Waals surface area contributed by atoms with Crippen LogP contribution in [-0.4, -0.2) is 4.98 Å². The molecule has 2 aromatic carbocycles.